The van der Waals surface area contributed by atoms with Gasteiger partial charge in [0.15, 0.2) is 0 Å². The van der Waals surface area contributed by atoms with Gasteiger partial charge in [0, 0.05) is 24.8 Å². The number of hydrogen-bond acceptors (Lipinski definition) is 1. The van der Waals surface area contributed by atoms with Gasteiger partial charge >= 0.3 is 0 Å². The molecule has 1 aromatic rings. The first kappa shape index (κ1) is 14.2. The molecule has 1 unspecified atom stereocenters. The van der Waals surface area contributed by atoms with Gasteiger partial charge in [-0.3, -0.25) is 4.79 Å². The lowest BCUT2D eigenvalue weighted by molar-refractivity contribution is -0.129. The molecule has 0 radical (unpaired) electrons. The summed E-state index contributed by atoms with van der Waals surface area (Å²) in [5, 5.41) is 0. The molecule has 0 aliphatic rings. The quantitative estimate of drug-likeness (QED) is 0.765. The highest BCUT2D eigenvalue weighted by Crippen LogP contribution is 2.08. The van der Waals surface area contributed by atoms with E-state index in [-0.39, 0.29) is 5.91 Å². The van der Waals surface area contributed by atoms with Crippen LogP contribution in [0.25, 0.3) is 0 Å². The van der Waals surface area contributed by atoms with E-state index in [9.17, 15) is 4.79 Å². The fraction of sp³-hybridized carbons (Fsp3) is 0.500. The molecule has 0 heterocycles. The number of carbonyl (C=O) groups excluding carboxylic acids is 1. The van der Waals surface area contributed by atoms with E-state index in [4.69, 9.17) is 0 Å². The van der Waals surface area contributed by atoms with Crippen LogP contribution in [0.15, 0.2) is 24.3 Å². The van der Waals surface area contributed by atoms with Gasteiger partial charge in [-0.05, 0) is 18.9 Å². The number of aryl methyl sites for hydroxylation is 2. The van der Waals surface area contributed by atoms with E-state index in [1.165, 1.54) is 11.1 Å². The summed E-state index contributed by atoms with van der Waals surface area (Å²) >= 11 is 3.45. The van der Waals surface area contributed by atoms with Crippen molar-refractivity contribution in [1.82, 2.24) is 4.90 Å². The molecular formula is C14H20BrNO. The van der Waals surface area contributed by atoms with Crippen LogP contribution in [0, 0.1) is 6.92 Å². The highest BCUT2D eigenvalue weighted by molar-refractivity contribution is 9.09. The second kappa shape index (κ2) is 6.80. The van der Waals surface area contributed by atoms with Crippen LogP contribution in [-0.2, 0) is 11.2 Å². The van der Waals surface area contributed by atoms with E-state index >= 15 is 0 Å². The van der Waals surface area contributed by atoms with Crippen molar-refractivity contribution in [2.24, 2.45) is 0 Å². The predicted octanol–water partition coefficient (Wildman–Crippen LogP) is 3.17. The fourth-order valence-electron chi connectivity index (χ4n) is 1.68. The molecule has 0 bridgehead atoms. The third kappa shape index (κ3) is 5.35. The SMILES string of the molecule is Cc1ccc(CCC(=O)N(C)CC(C)Br)cc1. The Kier molecular flexibility index (Phi) is 5.69. The van der Waals surface area contributed by atoms with Crippen LogP contribution in [-0.4, -0.2) is 29.2 Å². The normalized spacial score (nSPS) is 12.2. The van der Waals surface area contributed by atoms with Gasteiger partial charge in [-0.15, -0.1) is 0 Å². The summed E-state index contributed by atoms with van der Waals surface area (Å²) in [7, 11) is 1.86. The summed E-state index contributed by atoms with van der Waals surface area (Å²) in [6, 6.07) is 8.36. The zero-order chi connectivity index (χ0) is 12.8. The summed E-state index contributed by atoms with van der Waals surface area (Å²) in [5.74, 6) is 0.205. The number of halogens is 1. The van der Waals surface area contributed by atoms with Gasteiger partial charge in [0.1, 0.15) is 0 Å². The van der Waals surface area contributed by atoms with Gasteiger partial charge in [0.2, 0.25) is 5.91 Å². The Hall–Kier alpha value is -0.830. The molecule has 0 aliphatic heterocycles. The standard InChI is InChI=1S/C14H20BrNO/c1-11-4-6-13(7-5-11)8-9-14(17)16(3)10-12(2)15/h4-7,12H,8-10H2,1-3H3. The Balaban J connectivity index is 2.40. The Morgan fingerprint density at radius 3 is 2.47 bits per heavy atom. The first-order valence-corrected chi connectivity index (χ1v) is 6.84. The third-order valence-electron chi connectivity index (χ3n) is 2.70. The van der Waals surface area contributed by atoms with Crippen LogP contribution in [0.3, 0.4) is 0 Å². The Labute approximate surface area is 112 Å². The van der Waals surface area contributed by atoms with Crippen molar-refractivity contribution in [2.45, 2.75) is 31.5 Å². The van der Waals surface area contributed by atoms with Crippen molar-refractivity contribution < 1.29 is 4.79 Å². The maximum Gasteiger partial charge on any atom is 0.222 e. The van der Waals surface area contributed by atoms with E-state index < -0.39 is 0 Å². The van der Waals surface area contributed by atoms with E-state index in [0.29, 0.717) is 11.2 Å². The first-order chi connectivity index (χ1) is 7.99. The Morgan fingerprint density at radius 1 is 1.35 bits per heavy atom. The minimum Gasteiger partial charge on any atom is -0.345 e. The van der Waals surface area contributed by atoms with Crippen molar-refractivity contribution in [3.05, 3.63) is 35.4 Å². The summed E-state index contributed by atoms with van der Waals surface area (Å²) in [5.41, 5.74) is 2.48. The van der Waals surface area contributed by atoms with E-state index in [1.807, 2.05) is 14.0 Å². The second-order valence-corrected chi connectivity index (χ2v) is 6.10. The molecular weight excluding hydrogens is 278 g/mol. The summed E-state index contributed by atoms with van der Waals surface area (Å²) in [6.45, 7) is 4.87. The van der Waals surface area contributed by atoms with E-state index in [2.05, 4.69) is 47.1 Å². The number of rotatable bonds is 5. The van der Waals surface area contributed by atoms with Crippen LogP contribution in [0.1, 0.15) is 24.5 Å². The molecule has 1 amide bonds. The molecule has 0 fully saturated rings. The van der Waals surface area contributed by atoms with Crippen LogP contribution in [0.2, 0.25) is 0 Å². The Bertz CT molecular complexity index is 359. The minimum absolute atomic E-state index is 0.205. The molecule has 1 rings (SSSR count). The number of nitrogens with zero attached hydrogens (tertiary/aromatic N) is 1. The number of benzene rings is 1. The van der Waals surface area contributed by atoms with Gasteiger partial charge in [-0.2, -0.15) is 0 Å². The molecule has 3 heteroatoms. The molecule has 0 aromatic heterocycles. The Morgan fingerprint density at radius 2 is 1.94 bits per heavy atom. The van der Waals surface area contributed by atoms with Gasteiger partial charge in [0.05, 0.1) is 0 Å². The molecule has 0 saturated carbocycles. The lowest BCUT2D eigenvalue weighted by Gasteiger charge is -2.18. The molecule has 0 aliphatic carbocycles. The number of hydrogen-bond donors (Lipinski definition) is 0. The molecule has 1 atom stereocenters. The lowest BCUT2D eigenvalue weighted by atomic mass is 10.1. The smallest absolute Gasteiger partial charge is 0.222 e. The van der Waals surface area contributed by atoms with Crippen LogP contribution in [0.4, 0.5) is 0 Å². The predicted molar refractivity (Wildman–Crippen MR) is 75.5 cm³/mol. The van der Waals surface area contributed by atoms with Crippen LogP contribution in [0.5, 0.6) is 0 Å². The van der Waals surface area contributed by atoms with Crippen molar-refractivity contribution in [3.8, 4) is 0 Å². The minimum atomic E-state index is 0.205. The molecule has 2 nitrogen and oxygen atoms in total. The molecule has 0 saturated heterocycles. The lowest BCUT2D eigenvalue weighted by Crippen LogP contribution is -2.31. The maximum absolute atomic E-state index is 11.8. The molecule has 1 aromatic carbocycles. The summed E-state index contributed by atoms with van der Waals surface area (Å²) in [4.78, 5) is 14.0. The molecule has 0 spiro atoms. The van der Waals surface area contributed by atoms with E-state index in [0.717, 1.165) is 13.0 Å². The zero-order valence-electron chi connectivity index (χ0n) is 10.7. The molecule has 0 N–H and O–H groups in total. The third-order valence-corrected chi connectivity index (χ3v) is 2.99. The monoisotopic (exact) mass is 297 g/mol. The molecule has 94 valence electrons. The summed E-state index contributed by atoms with van der Waals surface area (Å²) < 4.78 is 0. The average molecular weight is 298 g/mol. The van der Waals surface area contributed by atoms with Gasteiger partial charge in [0.25, 0.3) is 0 Å². The second-order valence-electron chi connectivity index (χ2n) is 4.54. The zero-order valence-corrected chi connectivity index (χ0v) is 12.3. The topological polar surface area (TPSA) is 20.3 Å². The summed E-state index contributed by atoms with van der Waals surface area (Å²) in [6.07, 6.45) is 1.40. The van der Waals surface area contributed by atoms with Crippen molar-refractivity contribution >= 4 is 21.8 Å². The molecule has 17 heavy (non-hydrogen) atoms. The van der Waals surface area contributed by atoms with Crippen molar-refractivity contribution in [2.75, 3.05) is 13.6 Å². The fourth-order valence-corrected chi connectivity index (χ4v) is 2.11. The van der Waals surface area contributed by atoms with Crippen molar-refractivity contribution in [1.29, 1.82) is 0 Å². The largest absolute Gasteiger partial charge is 0.345 e. The van der Waals surface area contributed by atoms with Gasteiger partial charge in [-0.1, -0.05) is 52.7 Å². The highest BCUT2D eigenvalue weighted by Gasteiger charge is 2.10. The first-order valence-electron chi connectivity index (χ1n) is 5.92. The number of alkyl halides is 1. The highest BCUT2D eigenvalue weighted by atomic mass is 79.9. The average Bonchev–Trinajstić information content (AvgIpc) is 2.27. The van der Waals surface area contributed by atoms with Crippen LogP contribution < -0.4 is 0 Å². The van der Waals surface area contributed by atoms with Gasteiger partial charge in [-0.25, -0.2) is 0 Å². The number of amides is 1. The van der Waals surface area contributed by atoms with Gasteiger partial charge < -0.3 is 4.90 Å². The van der Waals surface area contributed by atoms with Crippen molar-refractivity contribution in [3.63, 3.8) is 0 Å². The van der Waals surface area contributed by atoms with E-state index in [1.54, 1.807) is 4.90 Å². The van der Waals surface area contributed by atoms with Crippen LogP contribution >= 0.6 is 15.9 Å². The maximum atomic E-state index is 11.8. The number of carbonyl (C=O) groups is 1.